The molecule has 2 heteroatoms. The van der Waals surface area contributed by atoms with Gasteiger partial charge in [0, 0.05) is 18.0 Å². The zero-order valence-corrected chi connectivity index (χ0v) is 23.4. The lowest BCUT2D eigenvalue weighted by Gasteiger charge is -2.06. The van der Waals surface area contributed by atoms with Gasteiger partial charge in [0.2, 0.25) is 0 Å². The lowest BCUT2D eigenvalue weighted by atomic mass is 10.0. The molecule has 0 radical (unpaired) electrons. The first-order valence-corrected chi connectivity index (χ1v) is 15.1. The van der Waals surface area contributed by atoms with Gasteiger partial charge >= 0.3 is 0 Å². The van der Waals surface area contributed by atoms with Crippen molar-refractivity contribution in [2.24, 2.45) is 5.92 Å². The first kappa shape index (κ1) is 29.5. The normalized spacial score (nSPS) is 11.4. The zero-order valence-electron chi connectivity index (χ0n) is 23.4. The minimum atomic E-state index is 0.850. The number of benzene rings is 1. The lowest BCUT2D eigenvalue weighted by Crippen LogP contribution is -1.94. The van der Waals surface area contributed by atoms with Gasteiger partial charge in [-0.3, -0.25) is 0 Å². The van der Waals surface area contributed by atoms with Crippen LogP contribution < -0.4 is 0 Å². The van der Waals surface area contributed by atoms with Crippen LogP contribution in [0, 0.1) is 5.92 Å². The topological polar surface area (TPSA) is 25.8 Å². The van der Waals surface area contributed by atoms with E-state index < -0.39 is 0 Å². The fraction of sp³-hybridized carbons (Fsp3) is 0.697. The van der Waals surface area contributed by atoms with Crippen LogP contribution in [-0.4, -0.2) is 9.97 Å². The Morgan fingerprint density at radius 3 is 1.51 bits per heavy atom. The highest BCUT2D eigenvalue weighted by atomic mass is 14.9. The molecule has 0 aliphatic rings. The highest BCUT2D eigenvalue weighted by molar-refractivity contribution is 5.55. The summed E-state index contributed by atoms with van der Waals surface area (Å²) in [7, 11) is 0. The third kappa shape index (κ3) is 14.5. The van der Waals surface area contributed by atoms with Crippen molar-refractivity contribution in [2.45, 2.75) is 143 Å². The summed E-state index contributed by atoms with van der Waals surface area (Å²) in [4.78, 5) is 9.31. The third-order valence-electron chi connectivity index (χ3n) is 7.23. The minimum Gasteiger partial charge on any atom is -0.236 e. The van der Waals surface area contributed by atoms with Crippen molar-refractivity contribution < 1.29 is 0 Å². The van der Waals surface area contributed by atoms with Crippen molar-refractivity contribution in [1.82, 2.24) is 9.97 Å². The molecule has 0 unspecified atom stereocenters. The van der Waals surface area contributed by atoms with Crippen molar-refractivity contribution in [3.05, 3.63) is 47.8 Å². The summed E-state index contributed by atoms with van der Waals surface area (Å²) in [6, 6.07) is 8.90. The maximum Gasteiger partial charge on any atom is 0.159 e. The Morgan fingerprint density at radius 2 is 1.00 bits per heavy atom. The number of hydrogen-bond donors (Lipinski definition) is 0. The third-order valence-corrected chi connectivity index (χ3v) is 7.23. The van der Waals surface area contributed by atoms with E-state index in [0.29, 0.717) is 0 Å². The summed E-state index contributed by atoms with van der Waals surface area (Å²) in [6.45, 7) is 6.93. The Hall–Kier alpha value is -1.70. The number of hydrogen-bond acceptors (Lipinski definition) is 2. The number of rotatable bonds is 21. The molecule has 0 amide bonds. The number of unbranched alkanes of at least 4 members (excludes halogenated alkanes) is 14. The van der Waals surface area contributed by atoms with Crippen molar-refractivity contribution in [3.8, 4) is 11.4 Å². The van der Waals surface area contributed by atoms with E-state index in [2.05, 4.69) is 55.0 Å². The van der Waals surface area contributed by atoms with E-state index in [1.165, 1.54) is 127 Å². The van der Waals surface area contributed by atoms with Crippen molar-refractivity contribution in [3.63, 3.8) is 0 Å². The summed E-state index contributed by atoms with van der Waals surface area (Å²) in [5.74, 6) is 1.70. The van der Waals surface area contributed by atoms with Gasteiger partial charge in [-0.15, -0.1) is 0 Å². The average Bonchev–Trinajstić information content (AvgIpc) is 2.87. The van der Waals surface area contributed by atoms with Crippen LogP contribution in [0.1, 0.15) is 141 Å². The monoisotopic (exact) mass is 478 g/mol. The molecule has 0 bridgehead atoms. The molecule has 1 aromatic carbocycles. The van der Waals surface area contributed by atoms with Gasteiger partial charge < -0.3 is 0 Å². The molecule has 0 aliphatic heterocycles. The smallest absolute Gasteiger partial charge is 0.159 e. The van der Waals surface area contributed by atoms with Gasteiger partial charge in [-0.2, -0.15) is 0 Å². The van der Waals surface area contributed by atoms with Gasteiger partial charge in [-0.05, 0) is 42.7 Å². The summed E-state index contributed by atoms with van der Waals surface area (Å²) < 4.78 is 0. The molecule has 0 aliphatic carbocycles. The Kier molecular flexibility index (Phi) is 16.4. The largest absolute Gasteiger partial charge is 0.236 e. The van der Waals surface area contributed by atoms with Crippen molar-refractivity contribution in [2.75, 3.05) is 0 Å². The fourth-order valence-corrected chi connectivity index (χ4v) is 4.86. The number of aromatic nitrogens is 2. The predicted octanol–water partition coefficient (Wildman–Crippen LogP) is 10.5. The molecule has 0 spiro atoms. The molecule has 35 heavy (non-hydrogen) atoms. The van der Waals surface area contributed by atoms with Crippen LogP contribution in [0.2, 0.25) is 0 Å². The van der Waals surface area contributed by atoms with Crippen LogP contribution in [0.5, 0.6) is 0 Å². The van der Waals surface area contributed by atoms with Crippen molar-refractivity contribution >= 4 is 0 Å². The highest BCUT2D eigenvalue weighted by Gasteiger charge is 2.03. The summed E-state index contributed by atoms with van der Waals surface area (Å²) in [5.41, 5.74) is 3.84. The van der Waals surface area contributed by atoms with E-state index in [-0.39, 0.29) is 0 Å². The first-order valence-electron chi connectivity index (χ1n) is 15.1. The summed E-state index contributed by atoms with van der Waals surface area (Å²) in [6.07, 6.45) is 29.8. The minimum absolute atomic E-state index is 0.850. The van der Waals surface area contributed by atoms with Crippen LogP contribution in [-0.2, 0) is 12.8 Å². The predicted molar refractivity (Wildman–Crippen MR) is 154 cm³/mol. The van der Waals surface area contributed by atoms with Crippen molar-refractivity contribution in [1.29, 1.82) is 0 Å². The van der Waals surface area contributed by atoms with Crippen LogP contribution in [0.25, 0.3) is 11.4 Å². The molecular formula is C33H54N2. The number of nitrogens with zero attached hydrogens (tertiary/aromatic N) is 2. The average molecular weight is 479 g/mol. The summed E-state index contributed by atoms with van der Waals surface area (Å²) >= 11 is 0. The molecule has 0 saturated carbocycles. The standard InChI is InChI=1S/C33H54N2/c1-4-5-6-7-8-9-10-11-12-15-19-22-31-27-34-33(35-28-31)32-25-23-30(24-26-32)21-18-16-13-14-17-20-29(2)3/h23-29H,4-22H2,1-3H3. The second-order valence-electron chi connectivity index (χ2n) is 11.1. The molecule has 1 heterocycles. The second kappa shape index (κ2) is 19.5. The van der Waals surface area contributed by atoms with E-state index in [1.807, 2.05) is 12.4 Å². The second-order valence-corrected chi connectivity index (χ2v) is 11.1. The molecule has 0 fully saturated rings. The van der Waals surface area contributed by atoms with E-state index in [1.54, 1.807) is 0 Å². The van der Waals surface area contributed by atoms with Crippen LogP contribution in [0.3, 0.4) is 0 Å². The lowest BCUT2D eigenvalue weighted by molar-refractivity contribution is 0.515. The van der Waals surface area contributed by atoms with Crippen LogP contribution >= 0.6 is 0 Å². The molecule has 1 aromatic heterocycles. The molecule has 0 saturated heterocycles. The SMILES string of the molecule is CCCCCCCCCCCCCc1cnc(-c2ccc(CCCCCCCC(C)C)cc2)nc1. The molecule has 0 N–H and O–H groups in total. The Morgan fingerprint density at radius 1 is 0.543 bits per heavy atom. The van der Waals surface area contributed by atoms with Crippen LogP contribution in [0.15, 0.2) is 36.7 Å². The van der Waals surface area contributed by atoms with E-state index in [9.17, 15) is 0 Å². The first-order chi connectivity index (χ1) is 17.2. The molecule has 2 nitrogen and oxygen atoms in total. The van der Waals surface area contributed by atoms with Crippen LogP contribution in [0.4, 0.5) is 0 Å². The Labute approximate surface area is 217 Å². The maximum atomic E-state index is 4.65. The van der Waals surface area contributed by atoms with Gasteiger partial charge in [0.1, 0.15) is 0 Å². The van der Waals surface area contributed by atoms with E-state index in [0.717, 1.165) is 23.7 Å². The Bertz CT molecular complexity index is 733. The van der Waals surface area contributed by atoms with E-state index in [4.69, 9.17) is 0 Å². The quantitative estimate of drug-likeness (QED) is 0.167. The zero-order chi connectivity index (χ0) is 25.0. The summed E-state index contributed by atoms with van der Waals surface area (Å²) in [5, 5.41) is 0. The molecule has 2 rings (SSSR count). The van der Waals surface area contributed by atoms with Gasteiger partial charge in [0.25, 0.3) is 0 Å². The molecule has 2 aromatic rings. The molecule has 0 atom stereocenters. The van der Waals surface area contributed by atoms with Gasteiger partial charge in [-0.1, -0.05) is 141 Å². The highest BCUT2D eigenvalue weighted by Crippen LogP contribution is 2.18. The maximum absolute atomic E-state index is 4.65. The van der Waals surface area contributed by atoms with Gasteiger partial charge in [-0.25, -0.2) is 9.97 Å². The molecular weight excluding hydrogens is 424 g/mol. The van der Waals surface area contributed by atoms with Gasteiger partial charge in [0.05, 0.1) is 0 Å². The van der Waals surface area contributed by atoms with Gasteiger partial charge in [0.15, 0.2) is 5.82 Å². The Balaban J connectivity index is 1.55. The number of aryl methyl sites for hydroxylation is 2. The molecule has 196 valence electrons. The fourth-order valence-electron chi connectivity index (χ4n) is 4.86. The van der Waals surface area contributed by atoms with E-state index >= 15 is 0 Å².